The largest absolute Gasteiger partial charge is 0.467 e. The summed E-state index contributed by atoms with van der Waals surface area (Å²) < 4.78 is 10.4. The molecule has 0 amide bonds. The molecule has 1 heterocycles. The number of nitrogens with zero attached hydrogens (tertiary/aromatic N) is 1. The molecule has 1 aliphatic rings. The Morgan fingerprint density at radius 3 is 2.83 bits per heavy atom. The molecule has 1 rings (SSSR count). The van der Waals surface area contributed by atoms with E-state index in [1.54, 1.807) is 6.08 Å². The fraction of sp³-hybridized carbons (Fsp3) is 0.625. The van der Waals surface area contributed by atoms with Crippen LogP contribution in [0, 0.1) is 0 Å². The van der Waals surface area contributed by atoms with Crippen molar-refractivity contribution in [3.63, 3.8) is 0 Å². The minimum atomic E-state index is 0.482. The highest BCUT2D eigenvalue weighted by molar-refractivity contribution is 7.80. The van der Waals surface area contributed by atoms with E-state index in [1.165, 1.54) is 0 Å². The average molecular weight is 187 g/mol. The van der Waals surface area contributed by atoms with Crippen LogP contribution >= 0.6 is 12.2 Å². The summed E-state index contributed by atoms with van der Waals surface area (Å²) in [5, 5.41) is 0.554. The molecule has 0 atom stereocenters. The molecular formula is C8H13NO2S. The molecule has 1 aliphatic heterocycles. The highest BCUT2D eigenvalue weighted by Crippen LogP contribution is 1.99. The first-order valence-corrected chi connectivity index (χ1v) is 4.36. The molecule has 0 N–H and O–H groups in total. The molecular weight excluding hydrogens is 174 g/mol. The molecule has 0 aromatic rings. The van der Waals surface area contributed by atoms with Gasteiger partial charge in [-0.1, -0.05) is 12.7 Å². The van der Waals surface area contributed by atoms with Crippen molar-refractivity contribution < 1.29 is 9.47 Å². The van der Waals surface area contributed by atoms with Crippen molar-refractivity contribution >= 4 is 17.4 Å². The van der Waals surface area contributed by atoms with Crippen molar-refractivity contribution in [2.24, 2.45) is 0 Å². The van der Waals surface area contributed by atoms with Crippen LogP contribution in [0.25, 0.3) is 0 Å². The molecule has 3 nitrogen and oxygen atoms in total. The Morgan fingerprint density at radius 2 is 2.25 bits per heavy atom. The van der Waals surface area contributed by atoms with Crippen LogP contribution in [0.2, 0.25) is 0 Å². The first kappa shape index (κ1) is 9.48. The van der Waals surface area contributed by atoms with Gasteiger partial charge in [0.2, 0.25) is 0 Å². The van der Waals surface area contributed by atoms with Gasteiger partial charge in [-0.05, 0) is 12.2 Å². The summed E-state index contributed by atoms with van der Waals surface area (Å²) in [6, 6.07) is 0. The van der Waals surface area contributed by atoms with Crippen molar-refractivity contribution in [1.29, 1.82) is 0 Å². The number of hydrogen-bond acceptors (Lipinski definition) is 3. The molecule has 0 spiro atoms. The topological polar surface area (TPSA) is 21.7 Å². The number of ether oxygens (including phenoxy) is 2. The van der Waals surface area contributed by atoms with Gasteiger partial charge >= 0.3 is 0 Å². The van der Waals surface area contributed by atoms with E-state index in [2.05, 4.69) is 6.58 Å². The molecule has 4 heteroatoms. The average Bonchev–Trinajstić information content (AvgIpc) is 2.15. The first-order chi connectivity index (χ1) is 5.84. The molecule has 12 heavy (non-hydrogen) atoms. The fourth-order valence-corrected chi connectivity index (χ4v) is 1.22. The van der Waals surface area contributed by atoms with Gasteiger partial charge in [0.1, 0.15) is 6.61 Å². The molecule has 0 unspecified atom stereocenters. The van der Waals surface area contributed by atoms with Crippen molar-refractivity contribution in [3.05, 3.63) is 12.7 Å². The summed E-state index contributed by atoms with van der Waals surface area (Å²) in [6.45, 7) is 7.16. The van der Waals surface area contributed by atoms with E-state index < -0.39 is 0 Å². The maximum absolute atomic E-state index is 5.21. The van der Waals surface area contributed by atoms with Gasteiger partial charge in [-0.15, -0.1) is 0 Å². The lowest BCUT2D eigenvalue weighted by Crippen LogP contribution is -2.40. The summed E-state index contributed by atoms with van der Waals surface area (Å²) in [4.78, 5) is 2.00. The molecule has 0 bridgehead atoms. The Bertz CT molecular complexity index is 166. The zero-order chi connectivity index (χ0) is 8.81. The minimum Gasteiger partial charge on any atom is -0.467 e. The van der Waals surface area contributed by atoms with Gasteiger partial charge in [0.25, 0.3) is 5.17 Å². The van der Waals surface area contributed by atoms with E-state index in [0.717, 1.165) is 26.3 Å². The van der Waals surface area contributed by atoms with Gasteiger partial charge in [0.15, 0.2) is 0 Å². The van der Waals surface area contributed by atoms with Crippen LogP contribution in [-0.2, 0) is 9.47 Å². The lowest BCUT2D eigenvalue weighted by Gasteiger charge is -2.28. The number of thiocarbonyl (C=S) groups is 1. The van der Waals surface area contributed by atoms with E-state index in [4.69, 9.17) is 21.7 Å². The summed E-state index contributed by atoms with van der Waals surface area (Å²) in [5.41, 5.74) is 0. The Labute approximate surface area is 77.9 Å². The quantitative estimate of drug-likeness (QED) is 0.471. The van der Waals surface area contributed by atoms with Crippen LogP contribution in [0.4, 0.5) is 0 Å². The molecule has 0 aliphatic carbocycles. The predicted molar refractivity (Wildman–Crippen MR) is 51.1 cm³/mol. The van der Waals surface area contributed by atoms with Crippen LogP contribution in [-0.4, -0.2) is 43.0 Å². The summed E-state index contributed by atoms with van der Waals surface area (Å²) >= 11 is 5.04. The Morgan fingerprint density at radius 1 is 1.58 bits per heavy atom. The molecule has 1 fully saturated rings. The van der Waals surface area contributed by atoms with Crippen molar-refractivity contribution in [2.75, 3.05) is 32.9 Å². The SMILES string of the molecule is C=CCOC(=S)N1CCOCC1. The first-order valence-electron chi connectivity index (χ1n) is 3.95. The van der Waals surface area contributed by atoms with Gasteiger partial charge in [-0.25, -0.2) is 0 Å². The molecule has 68 valence electrons. The van der Waals surface area contributed by atoms with E-state index in [0.29, 0.717) is 11.8 Å². The standard InChI is InChI=1S/C8H13NO2S/c1-2-5-11-8(12)9-3-6-10-7-4-9/h2H,1,3-7H2. The van der Waals surface area contributed by atoms with Crippen molar-refractivity contribution in [2.45, 2.75) is 0 Å². The van der Waals surface area contributed by atoms with E-state index in [1.807, 2.05) is 4.90 Å². The van der Waals surface area contributed by atoms with Crippen molar-refractivity contribution in [1.82, 2.24) is 4.90 Å². The van der Waals surface area contributed by atoms with Gasteiger partial charge in [-0.3, -0.25) is 0 Å². The number of morpholine rings is 1. The van der Waals surface area contributed by atoms with Gasteiger partial charge in [-0.2, -0.15) is 0 Å². The second kappa shape index (κ2) is 5.11. The summed E-state index contributed by atoms with van der Waals surface area (Å²) in [7, 11) is 0. The van der Waals surface area contributed by atoms with Gasteiger partial charge < -0.3 is 14.4 Å². The Hall–Kier alpha value is -0.610. The van der Waals surface area contributed by atoms with Gasteiger partial charge in [0, 0.05) is 13.1 Å². The predicted octanol–water partition coefficient (Wildman–Crippen LogP) is 0.806. The zero-order valence-electron chi connectivity index (χ0n) is 6.99. The maximum atomic E-state index is 5.21. The Kier molecular flexibility index (Phi) is 4.04. The molecule has 1 saturated heterocycles. The molecule has 0 saturated carbocycles. The number of rotatable bonds is 2. The lowest BCUT2D eigenvalue weighted by atomic mass is 10.5. The van der Waals surface area contributed by atoms with E-state index in [-0.39, 0.29) is 0 Å². The Balaban J connectivity index is 2.24. The summed E-state index contributed by atoms with van der Waals surface area (Å²) in [5.74, 6) is 0. The second-order valence-corrected chi connectivity index (χ2v) is 2.81. The highest BCUT2D eigenvalue weighted by atomic mass is 32.1. The second-order valence-electron chi connectivity index (χ2n) is 2.47. The molecule has 0 aromatic carbocycles. The maximum Gasteiger partial charge on any atom is 0.259 e. The van der Waals surface area contributed by atoms with E-state index in [9.17, 15) is 0 Å². The zero-order valence-corrected chi connectivity index (χ0v) is 7.81. The third-order valence-corrected chi connectivity index (χ3v) is 1.97. The highest BCUT2D eigenvalue weighted by Gasteiger charge is 2.13. The van der Waals surface area contributed by atoms with Crippen LogP contribution in [0.15, 0.2) is 12.7 Å². The molecule has 0 aromatic heterocycles. The van der Waals surface area contributed by atoms with Crippen LogP contribution in [0.1, 0.15) is 0 Å². The van der Waals surface area contributed by atoms with E-state index >= 15 is 0 Å². The van der Waals surface area contributed by atoms with Crippen LogP contribution in [0.5, 0.6) is 0 Å². The van der Waals surface area contributed by atoms with Crippen LogP contribution in [0.3, 0.4) is 0 Å². The smallest absolute Gasteiger partial charge is 0.259 e. The molecule has 0 radical (unpaired) electrons. The third kappa shape index (κ3) is 2.79. The fourth-order valence-electron chi connectivity index (χ4n) is 0.967. The van der Waals surface area contributed by atoms with Crippen LogP contribution < -0.4 is 0 Å². The summed E-state index contributed by atoms with van der Waals surface area (Å²) in [6.07, 6.45) is 1.69. The third-order valence-electron chi connectivity index (χ3n) is 1.59. The normalized spacial score (nSPS) is 17.2. The van der Waals surface area contributed by atoms with Crippen molar-refractivity contribution in [3.8, 4) is 0 Å². The van der Waals surface area contributed by atoms with Gasteiger partial charge in [0.05, 0.1) is 13.2 Å². The minimum absolute atomic E-state index is 0.482. The lowest BCUT2D eigenvalue weighted by molar-refractivity contribution is 0.0587. The number of hydrogen-bond donors (Lipinski definition) is 0. The monoisotopic (exact) mass is 187 g/mol.